The SMILES string of the molecule is O=C(CNC(=O)c1c[nH]c2ccccc12)NCCC(c1ccccc1)c1ccccc1. The first-order valence-corrected chi connectivity index (χ1v) is 10.4. The van der Waals surface area contributed by atoms with E-state index < -0.39 is 0 Å². The molecule has 4 aromatic rings. The van der Waals surface area contributed by atoms with Crippen LogP contribution in [-0.4, -0.2) is 29.9 Å². The number of nitrogens with one attached hydrogen (secondary N) is 3. The summed E-state index contributed by atoms with van der Waals surface area (Å²) in [6, 6.07) is 28.2. The minimum Gasteiger partial charge on any atom is -0.360 e. The van der Waals surface area contributed by atoms with Gasteiger partial charge in [0.2, 0.25) is 5.91 Å². The summed E-state index contributed by atoms with van der Waals surface area (Å²) >= 11 is 0. The Morgan fingerprint density at radius 1 is 0.774 bits per heavy atom. The molecule has 2 amide bonds. The highest BCUT2D eigenvalue weighted by atomic mass is 16.2. The fourth-order valence-corrected chi connectivity index (χ4v) is 3.83. The maximum atomic E-state index is 12.5. The molecule has 31 heavy (non-hydrogen) atoms. The van der Waals surface area contributed by atoms with Crippen LogP contribution in [-0.2, 0) is 4.79 Å². The number of hydrogen-bond acceptors (Lipinski definition) is 2. The third-order valence-electron chi connectivity index (χ3n) is 5.40. The van der Waals surface area contributed by atoms with Gasteiger partial charge >= 0.3 is 0 Å². The maximum absolute atomic E-state index is 12.5. The van der Waals surface area contributed by atoms with Crippen molar-refractivity contribution in [3.8, 4) is 0 Å². The number of aromatic amines is 1. The number of H-pyrrole nitrogens is 1. The van der Waals surface area contributed by atoms with E-state index >= 15 is 0 Å². The summed E-state index contributed by atoms with van der Waals surface area (Å²) in [4.78, 5) is 27.8. The first-order valence-electron chi connectivity index (χ1n) is 10.4. The number of carbonyl (C=O) groups excluding carboxylic acids is 2. The summed E-state index contributed by atoms with van der Waals surface area (Å²) in [6.07, 6.45) is 2.44. The number of amides is 2. The number of fused-ring (bicyclic) bond motifs is 1. The molecule has 0 atom stereocenters. The summed E-state index contributed by atoms with van der Waals surface area (Å²) in [5.41, 5.74) is 3.87. The normalized spacial score (nSPS) is 10.9. The zero-order chi connectivity index (χ0) is 21.5. The Labute approximate surface area is 181 Å². The molecule has 0 spiro atoms. The Kier molecular flexibility index (Phi) is 6.43. The highest BCUT2D eigenvalue weighted by molar-refractivity contribution is 6.07. The van der Waals surface area contributed by atoms with Crippen LogP contribution in [0.25, 0.3) is 10.9 Å². The van der Waals surface area contributed by atoms with Crippen LogP contribution in [0.2, 0.25) is 0 Å². The summed E-state index contributed by atoms with van der Waals surface area (Å²) in [7, 11) is 0. The molecule has 3 N–H and O–H groups in total. The van der Waals surface area contributed by atoms with E-state index in [1.54, 1.807) is 6.20 Å². The van der Waals surface area contributed by atoms with Crippen molar-refractivity contribution < 1.29 is 9.59 Å². The molecule has 4 rings (SSSR count). The highest BCUT2D eigenvalue weighted by Gasteiger charge is 2.15. The summed E-state index contributed by atoms with van der Waals surface area (Å²) < 4.78 is 0. The van der Waals surface area contributed by atoms with Gasteiger partial charge in [0.25, 0.3) is 5.91 Å². The number of para-hydroxylation sites is 1. The maximum Gasteiger partial charge on any atom is 0.253 e. The largest absolute Gasteiger partial charge is 0.360 e. The molecule has 0 aliphatic carbocycles. The molecule has 0 saturated heterocycles. The molecule has 1 aromatic heterocycles. The predicted molar refractivity (Wildman–Crippen MR) is 123 cm³/mol. The second-order valence-corrected chi connectivity index (χ2v) is 7.44. The molecule has 0 unspecified atom stereocenters. The van der Waals surface area contributed by atoms with Crippen molar-refractivity contribution in [2.24, 2.45) is 0 Å². The van der Waals surface area contributed by atoms with E-state index in [1.807, 2.05) is 60.7 Å². The Hall–Kier alpha value is -3.86. The predicted octanol–water partition coefficient (Wildman–Crippen LogP) is 4.24. The average Bonchev–Trinajstić information content (AvgIpc) is 3.26. The zero-order valence-corrected chi connectivity index (χ0v) is 17.2. The van der Waals surface area contributed by atoms with Crippen molar-refractivity contribution in [1.29, 1.82) is 0 Å². The van der Waals surface area contributed by atoms with Crippen LogP contribution >= 0.6 is 0 Å². The van der Waals surface area contributed by atoms with Gasteiger partial charge in [0.15, 0.2) is 0 Å². The first kappa shape index (κ1) is 20.4. The standard InChI is InChI=1S/C26H25N3O2/c30-25(18-29-26(31)23-17-28-24-14-8-7-13-22(23)24)27-16-15-21(19-9-3-1-4-10-19)20-11-5-2-6-12-20/h1-14,17,21,28H,15-16,18H2,(H,27,30)(H,29,31). The molecule has 0 aliphatic heterocycles. The van der Waals surface area contributed by atoms with Crippen molar-refractivity contribution in [1.82, 2.24) is 15.6 Å². The van der Waals surface area contributed by atoms with Crippen LogP contribution in [0.1, 0.15) is 33.8 Å². The molecule has 0 saturated carbocycles. The van der Waals surface area contributed by atoms with E-state index in [4.69, 9.17) is 0 Å². The van der Waals surface area contributed by atoms with Crippen molar-refractivity contribution in [2.45, 2.75) is 12.3 Å². The van der Waals surface area contributed by atoms with E-state index in [0.717, 1.165) is 17.3 Å². The highest BCUT2D eigenvalue weighted by Crippen LogP contribution is 2.27. The lowest BCUT2D eigenvalue weighted by molar-refractivity contribution is -0.120. The van der Waals surface area contributed by atoms with Gasteiger partial charge in [-0.25, -0.2) is 0 Å². The number of benzene rings is 3. The van der Waals surface area contributed by atoms with Crippen LogP contribution in [0.4, 0.5) is 0 Å². The molecule has 0 aliphatic rings. The molecule has 1 heterocycles. The van der Waals surface area contributed by atoms with Crippen LogP contribution < -0.4 is 10.6 Å². The molecule has 5 heteroatoms. The minimum atomic E-state index is -0.265. The summed E-state index contributed by atoms with van der Waals surface area (Å²) in [5, 5.41) is 6.48. The summed E-state index contributed by atoms with van der Waals surface area (Å²) in [5.74, 6) is -0.268. The van der Waals surface area contributed by atoms with Crippen LogP contribution in [0.3, 0.4) is 0 Å². The van der Waals surface area contributed by atoms with Crippen molar-refractivity contribution >= 4 is 22.7 Å². The first-order chi connectivity index (χ1) is 15.2. The van der Waals surface area contributed by atoms with Gasteiger partial charge in [-0.05, 0) is 23.6 Å². The van der Waals surface area contributed by atoms with Crippen LogP contribution in [0, 0.1) is 0 Å². The lowest BCUT2D eigenvalue weighted by Gasteiger charge is -2.18. The van der Waals surface area contributed by atoms with Gasteiger partial charge in [0, 0.05) is 29.6 Å². The monoisotopic (exact) mass is 411 g/mol. The molecular weight excluding hydrogens is 386 g/mol. The second-order valence-electron chi connectivity index (χ2n) is 7.44. The topological polar surface area (TPSA) is 74.0 Å². The van der Waals surface area contributed by atoms with Gasteiger partial charge in [0.1, 0.15) is 0 Å². The van der Waals surface area contributed by atoms with E-state index in [2.05, 4.69) is 39.9 Å². The van der Waals surface area contributed by atoms with Crippen molar-refractivity contribution in [3.63, 3.8) is 0 Å². The minimum absolute atomic E-state index is 0.0559. The van der Waals surface area contributed by atoms with E-state index in [0.29, 0.717) is 12.1 Å². The number of hydrogen-bond donors (Lipinski definition) is 3. The third-order valence-corrected chi connectivity index (χ3v) is 5.40. The zero-order valence-electron chi connectivity index (χ0n) is 17.2. The van der Waals surface area contributed by atoms with Gasteiger partial charge in [-0.15, -0.1) is 0 Å². The Morgan fingerprint density at radius 3 is 2.06 bits per heavy atom. The number of rotatable bonds is 8. The number of carbonyl (C=O) groups is 2. The fourth-order valence-electron chi connectivity index (χ4n) is 3.83. The van der Waals surface area contributed by atoms with Gasteiger partial charge in [-0.3, -0.25) is 9.59 Å². The molecule has 0 fully saturated rings. The smallest absolute Gasteiger partial charge is 0.253 e. The Bertz CT molecular complexity index is 1110. The fraction of sp³-hybridized carbons (Fsp3) is 0.154. The second kappa shape index (κ2) is 9.76. The van der Waals surface area contributed by atoms with Crippen molar-refractivity contribution in [3.05, 3.63) is 108 Å². The molecule has 156 valence electrons. The van der Waals surface area contributed by atoms with Gasteiger partial charge in [-0.2, -0.15) is 0 Å². The molecule has 5 nitrogen and oxygen atoms in total. The molecular formula is C26H25N3O2. The lowest BCUT2D eigenvalue weighted by Crippen LogP contribution is -2.37. The van der Waals surface area contributed by atoms with Gasteiger partial charge in [0.05, 0.1) is 12.1 Å². The lowest BCUT2D eigenvalue weighted by atomic mass is 9.88. The molecule has 0 radical (unpaired) electrons. The molecule has 0 bridgehead atoms. The van der Waals surface area contributed by atoms with E-state index in [-0.39, 0.29) is 24.3 Å². The Balaban J connectivity index is 1.31. The van der Waals surface area contributed by atoms with Crippen LogP contribution in [0.5, 0.6) is 0 Å². The van der Waals surface area contributed by atoms with Gasteiger partial charge < -0.3 is 15.6 Å². The molecule has 3 aromatic carbocycles. The van der Waals surface area contributed by atoms with E-state index in [9.17, 15) is 9.59 Å². The average molecular weight is 412 g/mol. The Morgan fingerprint density at radius 2 is 1.39 bits per heavy atom. The third kappa shape index (κ3) is 5.01. The summed E-state index contributed by atoms with van der Waals surface area (Å²) in [6.45, 7) is 0.468. The quantitative estimate of drug-likeness (QED) is 0.406. The van der Waals surface area contributed by atoms with Gasteiger partial charge in [-0.1, -0.05) is 78.9 Å². The van der Waals surface area contributed by atoms with Crippen LogP contribution in [0.15, 0.2) is 91.1 Å². The van der Waals surface area contributed by atoms with Crippen molar-refractivity contribution in [2.75, 3.05) is 13.1 Å². The van der Waals surface area contributed by atoms with E-state index in [1.165, 1.54) is 11.1 Å². The number of aromatic nitrogens is 1.